The van der Waals surface area contributed by atoms with Gasteiger partial charge in [-0.05, 0) is 31.2 Å². The number of aromatic amines is 1. The van der Waals surface area contributed by atoms with Crippen molar-refractivity contribution in [2.24, 2.45) is 5.92 Å². The van der Waals surface area contributed by atoms with Gasteiger partial charge < -0.3 is 0 Å². The van der Waals surface area contributed by atoms with Crippen LogP contribution in [0, 0.1) is 5.92 Å². The maximum absolute atomic E-state index is 3.27. The maximum atomic E-state index is 3.27. The highest BCUT2D eigenvalue weighted by Gasteiger charge is 2.25. The normalized spacial score (nSPS) is 13.3. The van der Waals surface area contributed by atoms with Gasteiger partial charge >= 0.3 is 0 Å². The highest BCUT2D eigenvalue weighted by Crippen LogP contribution is 2.26. The van der Waals surface area contributed by atoms with Gasteiger partial charge in [-0.25, -0.2) is 4.57 Å². The summed E-state index contributed by atoms with van der Waals surface area (Å²) in [5, 5.41) is 0. The second-order valence-corrected chi connectivity index (χ2v) is 10.2. The van der Waals surface area contributed by atoms with Gasteiger partial charge in [0.15, 0.2) is 0 Å². The minimum Gasteiger partial charge on any atom is -0.250 e. The summed E-state index contributed by atoms with van der Waals surface area (Å²) in [5.41, 5.74) is 1.47. The summed E-state index contributed by atoms with van der Waals surface area (Å²) >= 11 is 0. The van der Waals surface area contributed by atoms with E-state index in [1.54, 1.807) is 0 Å². The van der Waals surface area contributed by atoms with Crippen LogP contribution in [0.1, 0.15) is 135 Å². The molecule has 0 spiro atoms. The van der Waals surface area contributed by atoms with Crippen LogP contribution in [-0.2, 0) is 6.42 Å². The van der Waals surface area contributed by atoms with E-state index in [1.807, 2.05) is 0 Å². The first kappa shape index (κ1) is 27.7. The molecule has 186 valence electrons. The standard InChI is InChI=1S/C31H52N2/c1-3-5-6-7-8-9-10-11-12-13-14-15-16-17-21-24-31(33-26-25-32-28-33)30(4-2)27-29-22-19-18-20-23-29/h18-20,22-23,25-26,28,30-31H,3-17,21,24,27H2,1-2H3/p+1. The summed E-state index contributed by atoms with van der Waals surface area (Å²) in [6.07, 6.45) is 31.7. The molecule has 0 fully saturated rings. The highest BCUT2D eigenvalue weighted by molar-refractivity contribution is 5.15. The number of benzene rings is 1. The molecule has 1 N–H and O–H groups in total. The van der Waals surface area contributed by atoms with Gasteiger partial charge in [0.1, 0.15) is 18.4 Å². The average molecular weight is 454 g/mol. The monoisotopic (exact) mass is 453 g/mol. The molecule has 0 aliphatic rings. The van der Waals surface area contributed by atoms with Gasteiger partial charge in [0, 0.05) is 5.92 Å². The summed E-state index contributed by atoms with van der Waals surface area (Å²) < 4.78 is 2.43. The molecule has 2 atom stereocenters. The molecule has 0 radical (unpaired) electrons. The maximum Gasteiger partial charge on any atom is 0.241 e. The molecule has 2 rings (SSSR count). The first-order valence-electron chi connectivity index (χ1n) is 14.4. The molecule has 2 heteroatoms. The van der Waals surface area contributed by atoms with E-state index in [4.69, 9.17) is 0 Å². The number of aromatic nitrogens is 2. The fraction of sp³-hybridized carbons (Fsp3) is 0.710. The number of nitrogens with zero attached hydrogens (tertiary/aromatic N) is 1. The Labute approximate surface area is 205 Å². The van der Waals surface area contributed by atoms with Gasteiger partial charge in [-0.1, -0.05) is 134 Å². The molecule has 0 amide bonds. The fourth-order valence-electron chi connectivity index (χ4n) is 5.33. The molecule has 2 unspecified atom stereocenters. The first-order chi connectivity index (χ1) is 16.3. The Morgan fingerprint density at radius 2 is 1.24 bits per heavy atom. The van der Waals surface area contributed by atoms with Crippen LogP contribution in [0.15, 0.2) is 49.1 Å². The number of unbranched alkanes of at least 4 members (excludes halogenated alkanes) is 14. The van der Waals surface area contributed by atoms with Crippen LogP contribution in [0.3, 0.4) is 0 Å². The molecule has 0 saturated carbocycles. The number of H-pyrrole nitrogens is 1. The van der Waals surface area contributed by atoms with Crippen molar-refractivity contribution in [3.63, 3.8) is 0 Å². The van der Waals surface area contributed by atoms with Crippen LogP contribution in [0.2, 0.25) is 0 Å². The molecule has 33 heavy (non-hydrogen) atoms. The summed E-state index contributed by atoms with van der Waals surface area (Å²) in [7, 11) is 0. The SMILES string of the molecule is CCCCCCCCCCCCCCCCCC(C(CC)Cc1ccccc1)[n+]1cc[nH]c1. The summed E-state index contributed by atoms with van der Waals surface area (Å²) in [4.78, 5) is 3.27. The van der Waals surface area contributed by atoms with Crippen LogP contribution >= 0.6 is 0 Å². The Kier molecular flexibility index (Phi) is 15.8. The molecule has 1 aromatic carbocycles. The summed E-state index contributed by atoms with van der Waals surface area (Å²) in [6, 6.07) is 11.6. The third kappa shape index (κ3) is 12.5. The fourth-order valence-corrected chi connectivity index (χ4v) is 5.33. The zero-order valence-electron chi connectivity index (χ0n) is 21.9. The Morgan fingerprint density at radius 1 is 0.697 bits per heavy atom. The topological polar surface area (TPSA) is 19.7 Å². The Morgan fingerprint density at radius 3 is 1.73 bits per heavy atom. The third-order valence-electron chi connectivity index (χ3n) is 7.46. The quantitative estimate of drug-likeness (QED) is 0.143. The molecule has 1 aromatic heterocycles. The second kappa shape index (κ2) is 18.8. The van der Waals surface area contributed by atoms with E-state index in [0.717, 1.165) is 0 Å². The van der Waals surface area contributed by atoms with E-state index < -0.39 is 0 Å². The Hall–Kier alpha value is -1.57. The van der Waals surface area contributed by atoms with Crippen molar-refractivity contribution >= 4 is 0 Å². The number of imidazole rings is 1. The summed E-state index contributed by atoms with van der Waals surface area (Å²) in [5.74, 6) is 0.694. The molecular formula is C31H53N2+. The zero-order chi connectivity index (χ0) is 23.4. The first-order valence-corrected chi connectivity index (χ1v) is 14.4. The Balaban J connectivity index is 1.55. The minimum atomic E-state index is 0.600. The van der Waals surface area contributed by atoms with Crippen molar-refractivity contribution in [1.29, 1.82) is 0 Å². The largest absolute Gasteiger partial charge is 0.250 e. The highest BCUT2D eigenvalue weighted by atomic mass is 15.1. The molecule has 0 saturated heterocycles. The lowest BCUT2D eigenvalue weighted by Gasteiger charge is -2.24. The van der Waals surface area contributed by atoms with E-state index in [9.17, 15) is 0 Å². The Bertz CT molecular complexity index is 649. The van der Waals surface area contributed by atoms with Gasteiger partial charge in [0.05, 0.1) is 0 Å². The van der Waals surface area contributed by atoms with Crippen LogP contribution in [0.5, 0.6) is 0 Å². The third-order valence-corrected chi connectivity index (χ3v) is 7.46. The van der Waals surface area contributed by atoms with Crippen molar-refractivity contribution in [3.8, 4) is 0 Å². The van der Waals surface area contributed by atoms with E-state index >= 15 is 0 Å². The lowest BCUT2D eigenvalue weighted by atomic mass is 9.86. The van der Waals surface area contributed by atoms with E-state index in [2.05, 4.69) is 72.5 Å². The van der Waals surface area contributed by atoms with Crippen molar-refractivity contribution < 1.29 is 4.57 Å². The molecule has 1 heterocycles. The van der Waals surface area contributed by atoms with Crippen molar-refractivity contribution in [3.05, 3.63) is 54.6 Å². The molecule has 2 aromatic rings. The van der Waals surface area contributed by atoms with Gasteiger partial charge in [-0.2, -0.15) is 0 Å². The average Bonchev–Trinajstić information content (AvgIpc) is 3.38. The lowest BCUT2D eigenvalue weighted by Crippen LogP contribution is -2.42. The molecular weight excluding hydrogens is 400 g/mol. The van der Waals surface area contributed by atoms with E-state index in [0.29, 0.717) is 12.0 Å². The van der Waals surface area contributed by atoms with Gasteiger partial charge in [0.25, 0.3) is 0 Å². The lowest BCUT2D eigenvalue weighted by molar-refractivity contribution is -0.730. The van der Waals surface area contributed by atoms with Crippen molar-refractivity contribution in [2.75, 3.05) is 0 Å². The number of hydrogen-bond acceptors (Lipinski definition) is 0. The van der Waals surface area contributed by atoms with Crippen molar-refractivity contribution in [1.82, 2.24) is 4.98 Å². The second-order valence-electron chi connectivity index (χ2n) is 10.2. The smallest absolute Gasteiger partial charge is 0.241 e. The van der Waals surface area contributed by atoms with Gasteiger partial charge in [0.2, 0.25) is 6.33 Å². The van der Waals surface area contributed by atoms with Crippen LogP contribution in [-0.4, -0.2) is 4.98 Å². The zero-order valence-corrected chi connectivity index (χ0v) is 21.9. The molecule has 2 nitrogen and oxygen atoms in total. The number of rotatable bonds is 21. The molecule has 0 aliphatic carbocycles. The number of hydrogen-bond donors (Lipinski definition) is 1. The predicted molar refractivity (Wildman–Crippen MR) is 143 cm³/mol. The molecule has 0 bridgehead atoms. The van der Waals surface area contributed by atoms with E-state index in [-0.39, 0.29) is 0 Å². The van der Waals surface area contributed by atoms with E-state index in [1.165, 1.54) is 121 Å². The minimum absolute atomic E-state index is 0.600. The van der Waals surface area contributed by atoms with Gasteiger partial charge in [-0.15, -0.1) is 0 Å². The summed E-state index contributed by atoms with van der Waals surface area (Å²) in [6.45, 7) is 4.66. The predicted octanol–water partition coefficient (Wildman–Crippen LogP) is 9.37. The van der Waals surface area contributed by atoms with Crippen LogP contribution in [0.4, 0.5) is 0 Å². The van der Waals surface area contributed by atoms with Crippen LogP contribution < -0.4 is 4.57 Å². The van der Waals surface area contributed by atoms with Gasteiger partial charge in [-0.3, -0.25) is 4.98 Å². The van der Waals surface area contributed by atoms with Crippen molar-refractivity contribution in [2.45, 2.75) is 135 Å². The number of nitrogens with one attached hydrogen (secondary N) is 1. The molecule has 0 aliphatic heterocycles. The van der Waals surface area contributed by atoms with Crippen LogP contribution in [0.25, 0.3) is 0 Å².